The van der Waals surface area contributed by atoms with Gasteiger partial charge in [0.05, 0.1) is 24.8 Å². The fraction of sp³-hybridized carbons (Fsp3) is 0.211. The fourth-order valence-electron chi connectivity index (χ4n) is 2.28. The first-order chi connectivity index (χ1) is 12.7. The molecule has 0 saturated carbocycles. The zero-order valence-corrected chi connectivity index (χ0v) is 15.3. The average Bonchev–Trinajstić information content (AvgIpc) is 2.64. The number of carbonyl (C=O) groups excluding carboxylic acids is 1. The summed E-state index contributed by atoms with van der Waals surface area (Å²) in [5, 5.41) is 2.14. The van der Waals surface area contributed by atoms with E-state index in [0.29, 0.717) is 22.6 Å². The predicted molar refractivity (Wildman–Crippen MR) is 96.9 cm³/mol. The molecular weight excluding hydrogens is 383 g/mol. The highest BCUT2D eigenvalue weighted by Crippen LogP contribution is 2.35. The van der Waals surface area contributed by atoms with Crippen molar-refractivity contribution in [2.45, 2.75) is 12.7 Å². The zero-order valence-electron chi connectivity index (χ0n) is 14.6. The smallest absolute Gasteiger partial charge is 0.417 e. The summed E-state index contributed by atoms with van der Waals surface area (Å²) >= 11 is 5.57. The van der Waals surface area contributed by atoms with Crippen molar-refractivity contribution < 1.29 is 27.4 Å². The van der Waals surface area contributed by atoms with Gasteiger partial charge in [0.1, 0.15) is 0 Å². The number of ether oxygens (including phenoxy) is 2. The largest absolute Gasteiger partial charge is 0.493 e. The van der Waals surface area contributed by atoms with Crippen LogP contribution in [-0.2, 0) is 17.5 Å². The van der Waals surface area contributed by atoms with Crippen molar-refractivity contribution in [1.82, 2.24) is 5.32 Å². The minimum atomic E-state index is -4.55. The molecule has 0 fully saturated rings. The number of hydrogen-bond donors (Lipinski definition) is 1. The number of methoxy groups -OCH3 is 2. The molecule has 8 heteroatoms. The van der Waals surface area contributed by atoms with Crippen LogP contribution >= 0.6 is 11.6 Å². The molecule has 144 valence electrons. The van der Waals surface area contributed by atoms with Crippen LogP contribution in [0, 0.1) is 0 Å². The molecule has 2 aromatic carbocycles. The van der Waals surface area contributed by atoms with E-state index in [1.165, 1.54) is 26.4 Å². The first-order valence-corrected chi connectivity index (χ1v) is 8.16. The van der Waals surface area contributed by atoms with Gasteiger partial charge in [0.2, 0.25) is 5.91 Å². The number of nitrogens with one attached hydrogen (secondary N) is 1. The van der Waals surface area contributed by atoms with E-state index in [4.69, 9.17) is 21.1 Å². The SMILES string of the molecule is COc1ccc(C=CC(=O)NCc2ccc(Cl)c(C(F)(F)F)c2)cc1OC. The van der Waals surface area contributed by atoms with E-state index >= 15 is 0 Å². The summed E-state index contributed by atoms with van der Waals surface area (Å²) in [5.74, 6) is 0.622. The summed E-state index contributed by atoms with van der Waals surface area (Å²) in [6.07, 6.45) is -1.72. The maximum Gasteiger partial charge on any atom is 0.417 e. The van der Waals surface area contributed by atoms with Gasteiger partial charge in [-0.25, -0.2) is 0 Å². The molecule has 0 aliphatic carbocycles. The highest BCUT2D eigenvalue weighted by Gasteiger charge is 2.33. The fourth-order valence-corrected chi connectivity index (χ4v) is 2.50. The summed E-state index contributed by atoms with van der Waals surface area (Å²) < 4.78 is 48.9. The number of alkyl halides is 3. The van der Waals surface area contributed by atoms with Gasteiger partial charge in [-0.3, -0.25) is 4.79 Å². The average molecular weight is 400 g/mol. The zero-order chi connectivity index (χ0) is 20.0. The lowest BCUT2D eigenvalue weighted by Gasteiger charge is -2.11. The standard InChI is InChI=1S/C19H17ClF3NO3/c1-26-16-7-4-12(10-17(16)27-2)5-8-18(25)24-11-13-3-6-15(20)14(9-13)19(21,22)23/h3-10H,11H2,1-2H3,(H,24,25). The van der Waals surface area contributed by atoms with Gasteiger partial charge in [0.25, 0.3) is 0 Å². The third kappa shape index (κ3) is 5.65. The van der Waals surface area contributed by atoms with Gasteiger partial charge in [0.15, 0.2) is 11.5 Å². The molecule has 2 aromatic rings. The van der Waals surface area contributed by atoms with Crippen LogP contribution in [0.3, 0.4) is 0 Å². The first-order valence-electron chi connectivity index (χ1n) is 7.78. The van der Waals surface area contributed by atoms with Crippen LogP contribution in [0.25, 0.3) is 6.08 Å². The first kappa shape index (κ1) is 20.6. The number of hydrogen-bond acceptors (Lipinski definition) is 3. The lowest BCUT2D eigenvalue weighted by atomic mass is 10.1. The van der Waals surface area contributed by atoms with Crippen LogP contribution in [-0.4, -0.2) is 20.1 Å². The number of benzene rings is 2. The summed E-state index contributed by atoms with van der Waals surface area (Å²) in [7, 11) is 3.02. The molecule has 27 heavy (non-hydrogen) atoms. The molecule has 0 saturated heterocycles. The molecule has 1 N–H and O–H groups in total. The molecule has 0 unspecified atom stereocenters. The van der Waals surface area contributed by atoms with Gasteiger partial charge in [-0.1, -0.05) is 23.7 Å². The molecule has 0 aliphatic rings. The van der Waals surface area contributed by atoms with Crippen LogP contribution in [0.15, 0.2) is 42.5 Å². The van der Waals surface area contributed by atoms with E-state index in [2.05, 4.69) is 5.32 Å². The van der Waals surface area contributed by atoms with E-state index < -0.39 is 17.6 Å². The summed E-state index contributed by atoms with van der Waals surface area (Å²) in [4.78, 5) is 11.9. The maximum atomic E-state index is 12.8. The molecule has 2 rings (SSSR count). The number of rotatable bonds is 6. The second-order valence-corrected chi connectivity index (χ2v) is 5.88. The monoisotopic (exact) mass is 399 g/mol. The highest BCUT2D eigenvalue weighted by atomic mass is 35.5. The van der Waals surface area contributed by atoms with E-state index in [1.54, 1.807) is 24.3 Å². The molecule has 4 nitrogen and oxygen atoms in total. The van der Waals surface area contributed by atoms with Crippen molar-refractivity contribution in [3.8, 4) is 11.5 Å². The van der Waals surface area contributed by atoms with E-state index in [1.807, 2.05) is 0 Å². The quantitative estimate of drug-likeness (QED) is 0.716. The minimum Gasteiger partial charge on any atom is -0.493 e. The molecule has 1 amide bonds. The van der Waals surface area contributed by atoms with E-state index in [9.17, 15) is 18.0 Å². The number of halogens is 4. The highest BCUT2D eigenvalue weighted by molar-refractivity contribution is 6.31. The van der Waals surface area contributed by atoms with Crippen LogP contribution in [0.4, 0.5) is 13.2 Å². The molecular formula is C19H17ClF3NO3. The second-order valence-electron chi connectivity index (χ2n) is 5.48. The Morgan fingerprint density at radius 3 is 2.44 bits per heavy atom. The molecule has 0 atom stereocenters. The predicted octanol–water partition coefficient (Wildman–Crippen LogP) is 4.71. The summed E-state index contributed by atoms with van der Waals surface area (Å²) in [6, 6.07) is 8.63. The molecule has 0 bridgehead atoms. The van der Waals surface area contributed by atoms with Gasteiger partial charge < -0.3 is 14.8 Å². The Morgan fingerprint density at radius 2 is 1.81 bits per heavy atom. The topological polar surface area (TPSA) is 47.6 Å². The maximum absolute atomic E-state index is 12.8. The van der Waals surface area contributed by atoms with Crippen LogP contribution in [0.2, 0.25) is 5.02 Å². The van der Waals surface area contributed by atoms with E-state index in [0.717, 1.165) is 12.1 Å². The van der Waals surface area contributed by atoms with Crippen LogP contribution in [0.5, 0.6) is 11.5 Å². The normalized spacial score (nSPS) is 11.5. The number of amides is 1. The van der Waals surface area contributed by atoms with Gasteiger partial charge >= 0.3 is 6.18 Å². The lowest BCUT2D eigenvalue weighted by Crippen LogP contribution is -2.20. The van der Waals surface area contributed by atoms with Crippen molar-refractivity contribution in [3.63, 3.8) is 0 Å². The van der Waals surface area contributed by atoms with Crippen LogP contribution < -0.4 is 14.8 Å². The van der Waals surface area contributed by atoms with Gasteiger partial charge in [0, 0.05) is 12.6 Å². The molecule has 0 heterocycles. The molecule has 0 aromatic heterocycles. The Kier molecular flexibility index (Phi) is 6.74. The van der Waals surface area contributed by atoms with Crippen LogP contribution in [0.1, 0.15) is 16.7 Å². The Hall–Kier alpha value is -2.67. The van der Waals surface area contributed by atoms with Crippen molar-refractivity contribution in [2.75, 3.05) is 14.2 Å². The van der Waals surface area contributed by atoms with E-state index in [-0.39, 0.29) is 11.6 Å². The minimum absolute atomic E-state index is 0.0602. The Morgan fingerprint density at radius 1 is 1.11 bits per heavy atom. The van der Waals surface area contributed by atoms with Crippen molar-refractivity contribution in [1.29, 1.82) is 0 Å². The summed E-state index contributed by atoms with van der Waals surface area (Å²) in [6.45, 7) is -0.0602. The molecule has 0 radical (unpaired) electrons. The Bertz CT molecular complexity index is 851. The second kappa shape index (κ2) is 8.81. The molecule has 0 spiro atoms. The van der Waals surface area contributed by atoms with Gasteiger partial charge in [-0.2, -0.15) is 13.2 Å². The number of carbonyl (C=O) groups is 1. The van der Waals surface area contributed by atoms with Crippen molar-refractivity contribution in [2.24, 2.45) is 0 Å². The van der Waals surface area contributed by atoms with Crippen molar-refractivity contribution in [3.05, 3.63) is 64.2 Å². The lowest BCUT2D eigenvalue weighted by molar-refractivity contribution is -0.137. The molecule has 0 aliphatic heterocycles. The summed E-state index contributed by atoms with van der Waals surface area (Å²) in [5.41, 5.74) is 0.0602. The Balaban J connectivity index is 2.01. The van der Waals surface area contributed by atoms with Gasteiger partial charge in [-0.05, 0) is 41.5 Å². The third-order valence-electron chi connectivity index (χ3n) is 3.64. The van der Waals surface area contributed by atoms with Crippen molar-refractivity contribution >= 4 is 23.6 Å². The van der Waals surface area contributed by atoms with Gasteiger partial charge in [-0.15, -0.1) is 0 Å². The third-order valence-corrected chi connectivity index (χ3v) is 3.97. The Labute approximate surface area is 159 Å².